The van der Waals surface area contributed by atoms with Gasteiger partial charge in [0.1, 0.15) is 5.75 Å². The first-order valence-corrected chi connectivity index (χ1v) is 7.85. The molecule has 0 spiro atoms. The zero-order chi connectivity index (χ0) is 17.1. The second kappa shape index (κ2) is 6.66. The molecule has 1 aliphatic rings. The van der Waals surface area contributed by atoms with Crippen LogP contribution >= 0.6 is 0 Å². The minimum absolute atomic E-state index is 0.216. The molecule has 0 unspecified atom stereocenters. The fourth-order valence-corrected chi connectivity index (χ4v) is 2.57. The summed E-state index contributed by atoms with van der Waals surface area (Å²) in [6.45, 7) is 2.05. The highest BCUT2D eigenvalue weighted by Gasteiger charge is 2.30. The number of carbonyl (C=O) groups excluding carboxylic acids is 3. The molecule has 0 saturated carbocycles. The van der Waals surface area contributed by atoms with Crippen LogP contribution in [0, 0.1) is 0 Å². The molecule has 1 aliphatic heterocycles. The van der Waals surface area contributed by atoms with E-state index in [9.17, 15) is 14.4 Å². The Bertz CT molecular complexity index is 762. The van der Waals surface area contributed by atoms with Gasteiger partial charge in [-0.2, -0.15) is 0 Å². The van der Waals surface area contributed by atoms with Crippen molar-refractivity contribution < 1.29 is 19.1 Å². The number of ether oxygens (including phenoxy) is 1. The normalized spacial score (nSPS) is 14.1. The first-order valence-electron chi connectivity index (χ1n) is 7.85. The van der Waals surface area contributed by atoms with E-state index in [4.69, 9.17) is 4.74 Å². The van der Waals surface area contributed by atoms with Gasteiger partial charge in [-0.1, -0.05) is 19.1 Å². The Balaban J connectivity index is 1.71. The van der Waals surface area contributed by atoms with Crippen LogP contribution in [0.1, 0.15) is 35.7 Å². The minimum atomic E-state index is -0.482. The van der Waals surface area contributed by atoms with Crippen LogP contribution in [-0.2, 0) is 16.0 Å². The fourth-order valence-electron chi connectivity index (χ4n) is 2.57. The third kappa shape index (κ3) is 3.20. The van der Waals surface area contributed by atoms with Crippen LogP contribution in [0.4, 0.5) is 5.69 Å². The number of aryl methyl sites for hydroxylation is 1. The van der Waals surface area contributed by atoms with Crippen molar-refractivity contribution in [1.82, 2.24) is 0 Å². The Morgan fingerprint density at radius 3 is 2.08 bits per heavy atom. The predicted molar refractivity (Wildman–Crippen MR) is 88.9 cm³/mol. The topological polar surface area (TPSA) is 63.7 Å². The van der Waals surface area contributed by atoms with E-state index < -0.39 is 5.97 Å². The standard InChI is InChI=1S/C19H17NO4/c1-2-13-3-9-16(10-4-13)24-19(23)14-5-7-15(8-6-14)20-17(21)11-12-18(20)22/h3-10H,2,11-12H2,1H3. The van der Waals surface area contributed by atoms with Gasteiger partial charge in [0.05, 0.1) is 11.3 Å². The van der Waals surface area contributed by atoms with Gasteiger partial charge >= 0.3 is 5.97 Å². The average molecular weight is 323 g/mol. The van der Waals surface area contributed by atoms with Crippen LogP contribution < -0.4 is 9.64 Å². The molecule has 1 heterocycles. The molecule has 122 valence electrons. The van der Waals surface area contributed by atoms with Crippen LogP contribution in [-0.4, -0.2) is 17.8 Å². The monoisotopic (exact) mass is 323 g/mol. The molecular weight excluding hydrogens is 306 g/mol. The van der Waals surface area contributed by atoms with Gasteiger partial charge in [0.15, 0.2) is 0 Å². The van der Waals surface area contributed by atoms with Crippen LogP contribution in [0.2, 0.25) is 0 Å². The van der Waals surface area contributed by atoms with Crippen molar-refractivity contribution in [2.24, 2.45) is 0 Å². The SMILES string of the molecule is CCc1ccc(OC(=O)c2ccc(N3C(=O)CCC3=O)cc2)cc1. The Morgan fingerprint density at radius 2 is 1.54 bits per heavy atom. The second-order valence-corrected chi connectivity index (χ2v) is 5.56. The molecule has 0 N–H and O–H groups in total. The summed E-state index contributed by atoms with van der Waals surface area (Å²) in [5.74, 6) is -0.436. The highest BCUT2D eigenvalue weighted by molar-refractivity contribution is 6.19. The lowest BCUT2D eigenvalue weighted by molar-refractivity contribution is -0.121. The first kappa shape index (κ1) is 15.9. The maximum Gasteiger partial charge on any atom is 0.343 e. The van der Waals surface area contributed by atoms with Crippen molar-refractivity contribution in [2.75, 3.05) is 4.90 Å². The minimum Gasteiger partial charge on any atom is -0.423 e. The Labute approximate surface area is 139 Å². The van der Waals surface area contributed by atoms with Gasteiger partial charge < -0.3 is 4.74 Å². The van der Waals surface area contributed by atoms with E-state index in [1.54, 1.807) is 36.4 Å². The Kier molecular flexibility index (Phi) is 4.42. The van der Waals surface area contributed by atoms with Gasteiger partial charge in [0.25, 0.3) is 0 Å². The number of carbonyl (C=O) groups is 3. The quantitative estimate of drug-likeness (QED) is 0.493. The number of hydrogen-bond donors (Lipinski definition) is 0. The molecule has 2 aromatic carbocycles. The summed E-state index contributed by atoms with van der Waals surface area (Å²) in [4.78, 5) is 36.7. The number of anilines is 1. The van der Waals surface area contributed by atoms with Gasteiger partial charge in [0, 0.05) is 12.8 Å². The zero-order valence-electron chi connectivity index (χ0n) is 13.3. The Morgan fingerprint density at radius 1 is 0.958 bits per heavy atom. The number of hydrogen-bond acceptors (Lipinski definition) is 4. The highest BCUT2D eigenvalue weighted by atomic mass is 16.5. The van der Waals surface area contributed by atoms with Crippen molar-refractivity contribution in [1.29, 1.82) is 0 Å². The molecular formula is C19H17NO4. The van der Waals surface area contributed by atoms with Crippen molar-refractivity contribution in [3.63, 3.8) is 0 Å². The molecule has 0 atom stereocenters. The van der Waals surface area contributed by atoms with Gasteiger partial charge in [-0.25, -0.2) is 4.79 Å². The summed E-state index contributed by atoms with van der Waals surface area (Å²) in [6, 6.07) is 13.6. The summed E-state index contributed by atoms with van der Waals surface area (Å²) in [7, 11) is 0. The highest BCUT2D eigenvalue weighted by Crippen LogP contribution is 2.23. The van der Waals surface area contributed by atoms with E-state index in [0.717, 1.165) is 11.3 Å². The summed E-state index contributed by atoms with van der Waals surface area (Å²) in [6.07, 6.45) is 1.39. The second-order valence-electron chi connectivity index (χ2n) is 5.56. The first-order chi connectivity index (χ1) is 11.6. The molecule has 2 amide bonds. The van der Waals surface area contributed by atoms with Gasteiger partial charge in [-0.15, -0.1) is 0 Å². The van der Waals surface area contributed by atoms with Crippen molar-refractivity contribution >= 4 is 23.5 Å². The number of amides is 2. The summed E-state index contributed by atoms with van der Waals surface area (Å²) >= 11 is 0. The molecule has 2 aromatic rings. The fraction of sp³-hybridized carbons (Fsp3) is 0.211. The van der Waals surface area contributed by atoms with E-state index >= 15 is 0 Å². The third-order valence-corrected chi connectivity index (χ3v) is 3.95. The summed E-state index contributed by atoms with van der Waals surface area (Å²) in [5, 5.41) is 0. The van der Waals surface area contributed by atoms with Crippen LogP contribution in [0.25, 0.3) is 0 Å². The van der Waals surface area contributed by atoms with E-state index in [-0.39, 0.29) is 24.7 Å². The predicted octanol–water partition coefficient (Wildman–Crippen LogP) is 3.12. The molecule has 1 saturated heterocycles. The molecule has 0 radical (unpaired) electrons. The van der Waals surface area contributed by atoms with Crippen molar-refractivity contribution in [3.05, 3.63) is 59.7 Å². The number of nitrogens with zero attached hydrogens (tertiary/aromatic N) is 1. The zero-order valence-corrected chi connectivity index (χ0v) is 13.3. The number of rotatable bonds is 4. The number of imide groups is 1. The van der Waals surface area contributed by atoms with Crippen LogP contribution in [0.5, 0.6) is 5.75 Å². The van der Waals surface area contributed by atoms with Crippen LogP contribution in [0.15, 0.2) is 48.5 Å². The number of benzene rings is 2. The van der Waals surface area contributed by atoms with E-state index in [0.29, 0.717) is 17.0 Å². The molecule has 24 heavy (non-hydrogen) atoms. The van der Waals surface area contributed by atoms with Gasteiger partial charge in [-0.05, 0) is 48.4 Å². The van der Waals surface area contributed by atoms with E-state index in [2.05, 4.69) is 6.92 Å². The summed E-state index contributed by atoms with van der Waals surface area (Å²) in [5.41, 5.74) is 2.00. The lowest BCUT2D eigenvalue weighted by atomic mass is 10.1. The average Bonchev–Trinajstić information content (AvgIpc) is 2.94. The van der Waals surface area contributed by atoms with E-state index in [1.807, 2.05) is 12.1 Å². The third-order valence-electron chi connectivity index (χ3n) is 3.95. The van der Waals surface area contributed by atoms with Gasteiger partial charge in [-0.3, -0.25) is 14.5 Å². The molecule has 0 bridgehead atoms. The van der Waals surface area contributed by atoms with Crippen molar-refractivity contribution in [3.8, 4) is 5.75 Å². The smallest absolute Gasteiger partial charge is 0.343 e. The maximum atomic E-state index is 12.2. The van der Waals surface area contributed by atoms with E-state index in [1.165, 1.54) is 5.56 Å². The van der Waals surface area contributed by atoms with Gasteiger partial charge in [0.2, 0.25) is 11.8 Å². The molecule has 5 nitrogen and oxygen atoms in total. The van der Waals surface area contributed by atoms with Crippen LogP contribution in [0.3, 0.4) is 0 Å². The Hall–Kier alpha value is -2.95. The molecule has 1 fully saturated rings. The molecule has 3 rings (SSSR count). The molecule has 0 aromatic heterocycles. The maximum absolute atomic E-state index is 12.2. The molecule has 0 aliphatic carbocycles. The number of esters is 1. The lowest BCUT2D eigenvalue weighted by Gasteiger charge is -2.14. The largest absolute Gasteiger partial charge is 0.423 e. The molecule has 5 heteroatoms. The lowest BCUT2D eigenvalue weighted by Crippen LogP contribution is -2.28. The van der Waals surface area contributed by atoms with Crippen molar-refractivity contribution in [2.45, 2.75) is 26.2 Å². The summed E-state index contributed by atoms with van der Waals surface area (Å²) < 4.78 is 5.32.